The maximum atomic E-state index is 14.6. The second-order valence-electron chi connectivity index (χ2n) is 6.12. The van der Waals surface area contributed by atoms with E-state index in [0.717, 1.165) is 16.7 Å². The summed E-state index contributed by atoms with van der Waals surface area (Å²) in [7, 11) is 0. The number of hydrogen-bond donors (Lipinski definition) is 2. The molecule has 0 radical (unpaired) electrons. The molecule has 0 amide bonds. The van der Waals surface area contributed by atoms with E-state index in [1.807, 2.05) is 0 Å². The Morgan fingerprint density at radius 1 is 1.29 bits per heavy atom. The second kappa shape index (κ2) is 5.54. The van der Waals surface area contributed by atoms with Gasteiger partial charge in [0.05, 0.1) is 5.56 Å². The minimum absolute atomic E-state index is 0.0397. The van der Waals surface area contributed by atoms with E-state index < -0.39 is 41.5 Å². The summed E-state index contributed by atoms with van der Waals surface area (Å²) >= 11 is 0. The quantitative estimate of drug-likeness (QED) is 0.884. The molecule has 0 unspecified atom stereocenters. The highest BCUT2D eigenvalue weighted by molar-refractivity contribution is 5.50. The van der Waals surface area contributed by atoms with E-state index in [4.69, 9.17) is 0 Å². The summed E-state index contributed by atoms with van der Waals surface area (Å²) in [5.41, 5.74) is -1.56. The monoisotopic (exact) mass is 339 g/mol. The van der Waals surface area contributed by atoms with Crippen LogP contribution >= 0.6 is 0 Å². The molecule has 8 heteroatoms. The Bertz CT molecular complexity index is 902. The molecule has 1 aromatic heterocycles. The number of fused-ring (bicyclic) bond motifs is 1. The lowest BCUT2D eigenvalue weighted by Gasteiger charge is -2.34. The van der Waals surface area contributed by atoms with Gasteiger partial charge in [0.1, 0.15) is 17.7 Å². The first kappa shape index (κ1) is 16.4. The molecule has 1 atom stereocenters. The van der Waals surface area contributed by atoms with Crippen LogP contribution in [-0.2, 0) is 6.42 Å². The van der Waals surface area contributed by atoms with Gasteiger partial charge >= 0.3 is 5.69 Å². The normalized spacial score (nSPS) is 19.0. The predicted octanol–water partition coefficient (Wildman–Crippen LogP) is 2.60. The fraction of sp³-hybridized carbons (Fsp3) is 0.375. The van der Waals surface area contributed by atoms with Gasteiger partial charge in [-0.2, -0.15) is 0 Å². The first-order valence-electron chi connectivity index (χ1n) is 7.48. The smallest absolute Gasteiger partial charge is 0.330 e. The third-order valence-electron chi connectivity index (χ3n) is 4.05. The Morgan fingerprint density at radius 3 is 2.62 bits per heavy atom. The molecule has 0 spiro atoms. The minimum Gasteiger partial charge on any atom is -0.359 e. The summed E-state index contributed by atoms with van der Waals surface area (Å²) in [4.78, 5) is 26.8. The number of alkyl halides is 2. The molecule has 128 valence electrons. The van der Waals surface area contributed by atoms with E-state index in [1.165, 1.54) is 12.1 Å². The van der Waals surface area contributed by atoms with Crippen LogP contribution in [-0.4, -0.2) is 15.5 Å². The van der Waals surface area contributed by atoms with Crippen molar-refractivity contribution in [2.75, 3.05) is 5.32 Å². The molecule has 24 heavy (non-hydrogen) atoms. The molecule has 0 saturated carbocycles. The number of aromatic nitrogens is 2. The van der Waals surface area contributed by atoms with Gasteiger partial charge in [0.15, 0.2) is 0 Å². The molecule has 0 saturated heterocycles. The number of benzene rings is 1. The summed E-state index contributed by atoms with van der Waals surface area (Å²) in [5, 5.41) is 2.49. The molecule has 0 fully saturated rings. The number of anilines is 1. The fourth-order valence-corrected chi connectivity index (χ4v) is 2.94. The number of nitrogens with zero attached hydrogens (tertiary/aromatic N) is 1. The molecule has 5 nitrogen and oxygen atoms in total. The molecule has 0 aliphatic carbocycles. The largest absolute Gasteiger partial charge is 0.359 e. The molecule has 2 N–H and O–H groups in total. The average Bonchev–Trinajstić information content (AvgIpc) is 2.47. The summed E-state index contributed by atoms with van der Waals surface area (Å²) in [6.07, 6.45) is -0.834. The van der Waals surface area contributed by atoms with Gasteiger partial charge in [-0.3, -0.25) is 14.3 Å². The molecule has 2 heterocycles. The lowest BCUT2D eigenvalue weighted by atomic mass is 9.92. The highest BCUT2D eigenvalue weighted by Crippen LogP contribution is 2.41. The van der Waals surface area contributed by atoms with Crippen LogP contribution in [0.25, 0.3) is 0 Å². The van der Waals surface area contributed by atoms with E-state index in [1.54, 1.807) is 13.8 Å². The van der Waals surface area contributed by atoms with Crippen molar-refractivity contribution in [2.24, 2.45) is 0 Å². The van der Waals surface area contributed by atoms with E-state index in [2.05, 4.69) is 10.3 Å². The Labute approximate surface area is 135 Å². The van der Waals surface area contributed by atoms with Crippen LogP contribution in [0.5, 0.6) is 0 Å². The van der Waals surface area contributed by atoms with Crippen LogP contribution in [0.4, 0.5) is 19.0 Å². The van der Waals surface area contributed by atoms with Crippen LogP contribution in [0.15, 0.2) is 33.9 Å². The molecule has 1 aliphatic heterocycles. The molecule has 2 aromatic rings. The first-order chi connectivity index (χ1) is 11.2. The van der Waals surface area contributed by atoms with Gasteiger partial charge in [0.2, 0.25) is 0 Å². The van der Waals surface area contributed by atoms with Gasteiger partial charge in [0.25, 0.3) is 11.5 Å². The summed E-state index contributed by atoms with van der Waals surface area (Å²) in [6, 6.07) is 2.86. The molecular formula is C16H16F3N3O2. The van der Waals surface area contributed by atoms with Crippen molar-refractivity contribution < 1.29 is 13.2 Å². The summed E-state index contributed by atoms with van der Waals surface area (Å²) in [6.45, 7) is 3.24. The third kappa shape index (κ3) is 2.61. The Morgan fingerprint density at radius 2 is 2.00 bits per heavy atom. The van der Waals surface area contributed by atoms with Gasteiger partial charge in [-0.15, -0.1) is 0 Å². The van der Waals surface area contributed by atoms with Crippen molar-refractivity contribution in [3.63, 3.8) is 0 Å². The highest BCUT2D eigenvalue weighted by atomic mass is 19.3. The van der Waals surface area contributed by atoms with E-state index in [-0.39, 0.29) is 16.9 Å². The molecular weight excluding hydrogens is 323 g/mol. The van der Waals surface area contributed by atoms with Gasteiger partial charge in [-0.25, -0.2) is 18.0 Å². The number of H-pyrrole nitrogens is 1. The van der Waals surface area contributed by atoms with Crippen LogP contribution in [0.3, 0.4) is 0 Å². The van der Waals surface area contributed by atoms with Gasteiger partial charge < -0.3 is 5.32 Å². The van der Waals surface area contributed by atoms with Crippen molar-refractivity contribution in [2.45, 2.75) is 38.3 Å². The topological polar surface area (TPSA) is 66.9 Å². The van der Waals surface area contributed by atoms with Crippen molar-refractivity contribution >= 4 is 5.82 Å². The van der Waals surface area contributed by atoms with Crippen LogP contribution < -0.4 is 16.6 Å². The SMILES string of the molecule is CC(C)n1c(=O)[nH]c2c(c1=O)CC(F)(F)[C@H](c1cccc(F)c1)N2. The van der Waals surface area contributed by atoms with Crippen molar-refractivity contribution in [3.8, 4) is 0 Å². The van der Waals surface area contributed by atoms with Gasteiger partial charge in [0, 0.05) is 12.5 Å². The highest BCUT2D eigenvalue weighted by Gasteiger charge is 2.46. The Hall–Kier alpha value is -2.51. The predicted molar refractivity (Wildman–Crippen MR) is 83.1 cm³/mol. The van der Waals surface area contributed by atoms with E-state index in [0.29, 0.717) is 0 Å². The zero-order valence-corrected chi connectivity index (χ0v) is 13.1. The second-order valence-corrected chi connectivity index (χ2v) is 6.12. The van der Waals surface area contributed by atoms with Crippen molar-refractivity contribution in [1.82, 2.24) is 9.55 Å². The zero-order valence-electron chi connectivity index (χ0n) is 13.1. The van der Waals surface area contributed by atoms with E-state index in [9.17, 15) is 22.8 Å². The lowest BCUT2D eigenvalue weighted by Crippen LogP contribution is -2.46. The minimum atomic E-state index is -3.31. The van der Waals surface area contributed by atoms with Crippen LogP contribution in [0.1, 0.15) is 37.1 Å². The van der Waals surface area contributed by atoms with E-state index >= 15 is 0 Å². The number of aromatic amines is 1. The Balaban J connectivity index is 2.14. The standard InChI is InChI=1S/C16H16F3N3O2/c1-8(2)22-14(23)11-7-16(18,19)12(20-13(11)21-15(22)24)9-4-3-5-10(17)6-9/h3-6,8,12,20H,7H2,1-2H3,(H,21,24)/t12-/m0/s1. The molecule has 1 aromatic carbocycles. The first-order valence-corrected chi connectivity index (χ1v) is 7.48. The molecule has 0 bridgehead atoms. The lowest BCUT2D eigenvalue weighted by molar-refractivity contribution is -0.0234. The molecule has 3 rings (SSSR count). The van der Waals surface area contributed by atoms with Crippen molar-refractivity contribution in [1.29, 1.82) is 0 Å². The number of halogens is 3. The fourth-order valence-electron chi connectivity index (χ4n) is 2.94. The number of nitrogens with one attached hydrogen (secondary N) is 2. The maximum absolute atomic E-state index is 14.6. The number of hydrogen-bond acceptors (Lipinski definition) is 3. The van der Waals surface area contributed by atoms with Crippen LogP contribution in [0, 0.1) is 5.82 Å². The summed E-state index contributed by atoms with van der Waals surface area (Å²) in [5.74, 6) is -3.99. The van der Waals surface area contributed by atoms with Gasteiger partial charge in [-0.1, -0.05) is 12.1 Å². The maximum Gasteiger partial charge on any atom is 0.330 e. The Kier molecular flexibility index (Phi) is 3.77. The van der Waals surface area contributed by atoms with Gasteiger partial charge in [-0.05, 0) is 31.5 Å². The third-order valence-corrected chi connectivity index (χ3v) is 4.05. The zero-order chi connectivity index (χ0) is 17.6. The molecule has 1 aliphatic rings. The summed E-state index contributed by atoms with van der Waals surface area (Å²) < 4.78 is 43.4. The van der Waals surface area contributed by atoms with Crippen molar-refractivity contribution in [3.05, 3.63) is 62.0 Å². The average molecular weight is 339 g/mol. The number of rotatable bonds is 2. The van der Waals surface area contributed by atoms with Crippen LogP contribution in [0.2, 0.25) is 0 Å².